The number of hydrogen-bond donors (Lipinski definition) is 4. The van der Waals surface area contributed by atoms with Crippen molar-refractivity contribution in [2.24, 2.45) is 0 Å². The summed E-state index contributed by atoms with van der Waals surface area (Å²) in [4.78, 5) is 39.0. The van der Waals surface area contributed by atoms with Gasteiger partial charge in [0.15, 0.2) is 0 Å². The minimum absolute atomic E-state index is 0.00848. The van der Waals surface area contributed by atoms with E-state index in [1.165, 1.54) is 13.3 Å². The molecule has 2 aromatic heterocycles. The summed E-state index contributed by atoms with van der Waals surface area (Å²) in [5, 5.41) is 14.4. The number of carbonyl (C=O) groups is 1. The third-order valence-electron chi connectivity index (χ3n) is 5.30. The lowest BCUT2D eigenvalue weighted by Gasteiger charge is -2.23. The van der Waals surface area contributed by atoms with Crippen molar-refractivity contribution in [2.45, 2.75) is 45.2 Å². The van der Waals surface area contributed by atoms with Crippen molar-refractivity contribution in [3.63, 3.8) is 0 Å². The first kappa shape index (κ1) is 21.6. The Bertz CT molecular complexity index is 1280. The van der Waals surface area contributed by atoms with E-state index in [9.17, 15) is 9.59 Å². The fourth-order valence-electron chi connectivity index (χ4n) is 3.67. The molecule has 1 atom stereocenters. The van der Waals surface area contributed by atoms with Gasteiger partial charge in [-0.25, -0.2) is 15.0 Å². The number of anilines is 2. The van der Waals surface area contributed by atoms with Crippen LogP contribution in [0.25, 0.3) is 10.9 Å². The van der Waals surface area contributed by atoms with Gasteiger partial charge in [0.25, 0.3) is 11.5 Å². The molecule has 32 heavy (non-hydrogen) atoms. The lowest BCUT2D eigenvalue weighted by molar-refractivity contribution is 0.0977. The van der Waals surface area contributed by atoms with Gasteiger partial charge in [-0.1, -0.05) is 24.2 Å². The van der Waals surface area contributed by atoms with E-state index in [-0.39, 0.29) is 34.6 Å². The van der Waals surface area contributed by atoms with Crippen LogP contribution in [0.1, 0.15) is 61.4 Å². The predicted octanol–water partition coefficient (Wildman–Crippen LogP) is 1.19. The topological polar surface area (TPSA) is 152 Å². The summed E-state index contributed by atoms with van der Waals surface area (Å²) < 4.78 is 1.75. The van der Waals surface area contributed by atoms with Crippen molar-refractivity contribution < 1.29 is 4.79 Å². The zero-order valence-electron chi connectivity index (χ0n) is 17.8. The first-order chi connectivity index (χ1) is 15.3. The number of nitrogens with zero attached hydrogens (tertiary/aromatic N) is 4. The SMILES string of the molecule is CC[C@@H](Nc1ncnc(N)c1C(=O)NC(C)=N)c1nc2cccc([Si])c2c(=O)n1C1CC1. The number of nitrogens with two attached hydrogens (primary N) is 1. The van der Waals surface area contributed by atoms with Crippen LogP contribution in [0.15, 0.2) is 29.3 Å². The fraction of sp³-hybridized carbons (Fsp3) is 0.333. The number of benzene rings is 1. The number of nitrogen functional groups attached to an aromatic ring is 1. The molecule has 3 aromatic rings. The van der Waals surface area contributed by atoms with Gasteiger partial charge in [0.1, 0.15) is 29.4 Å². The molecule has 2 heterocycles. The normalized spacial score (nSPS) is 14.2. The lowest BCUT2D eigenvalue weighted by Crippen LogP contribution is -2.32. The average Bonchev–Trinajstić information content (AvgIpc) is 3.56. The van der Waals surface area contributed by atoms with Gasteiger partial charge >= 0.3 is 0 Å². The van der Waals surface area contributed by atoms with Crippen LogP contribution in [0.4, 0.5) is 11.6 Å². The Balaban J connectivity index is 1.82. The zero-order valence-corrected chi connectivity index (χ0v) is 18.8. The van der Waals surface area contributed by atoms with Crippen molar-refractivity contribution in [3.05, 3.63) is 46.3 Å². The van der Waals surface area contributed by atoms with Gasteiger partial charge in [0.05, 0.1) is 33.0 Å². The summed E-state index contributed by atoms with van der Waals surface area (Å²) >= 11 is 0. The molecule has 0 bridgehead atoms. The highest BCUT2D eigenvalue weighted by molar-refractivity contribution is 6.38. The van der Waals surface area contributed by atoms with Gasteiger partial charge in [-0.3, -0.25) is 19.6 Å². The molecule has 1 aliphatic carbocycles. The van der Waals surface area contributed by atoms with Crippen LogP contribution in [-0.4, -0.2) is 41.5 Å². The van der Waals surface area contributed by atoms with Crippen LogP contribution in [0.2, 0.25) is 0 Å². The van der Waals surface area contributed by atoms with E-state index in [0.29, 0.717) is 28.3 Å². The molecule has 1 saturated carbocycles. The molecule has 10 nitrogen and oxygen atoms in total. The van der Waals surface area contributed by atoms with Crippen molar-refractivity contribution in [2.75, 3.05) is 11.1 Å². The maximum atomic E-state index is 13.4. The molecular weight excluding hydrogens is 424 g/mol. The highest BCUT2D eigenvalue weighted by Gasteiger charge is 2.32. The average molecular weight is 448 g/mol. The van der Waals surface area contributed by atoms with Crippen molar-refractivity contribution in [1.82, 2.24) is 24.8 Å². The van der Waals surface area contributed by atoms with Crippen LogP contribution >= 0.6 is 0 Å². The molecule has 0 aliphatic heterocycles. The summed E-state index contributed by atoms with van der Waals surface area (Å²) in [5.74, 6) is 0.180. The quantitative estimate of drug-likeness (QED) is 0.252. The molecule has 1 amide bonds. The van der Waals surface area contributed by atoms with E-state index in [4.69, 9.17) is 16.1 Å². The standard InChI is InChI=1S/C21H23N8O2Si/c1-3-12(27-18-16(17(23)24-9-25-18)20(30)26-10(2)22)19-28-13-5-4-6-14(32)15(13)21(31)29(19)11-7-8-11/h4-6,9,11-12H,3,7-8H2,1-2H3,(H2,22,26,30)(H3,23,24,25,27)/t12-/m1/s1. The second-order valence-corrected chi connectivity index (χ2v) is 8.28. The molecule has 163 valence electrons. The highest BCUT2D eigenvalue weighted by atomic mass is 28.1. The summed E-state index contributed by atoms with van der Waals surface area (Å²) in [5.41, 5.74) is 6.49. The molecule has 0 unspecified atom stereocenters. The Morgan fingerprint density at radius 2 is 2.12 bits per heavy atom. The zero-order chi connectivity index (χ0) is 23.0. The maximum Gasteiger partial charge on any atom is 0.264 e. The van der Waals surface area contributed by atoms with Crippen LogP contribution in [0.5, 0.6) is 0 Å². The Kier molecular flexibility index (Phi) is 5.74. The van der Waals surface area contributed by atoms with Crippen molar-refractivity contribution in [3.8, 4) is 0 Å². The number of hydrogen-bond acceptors (Lipinski definition) is 8. The predicted molar refractivity (Wildman–Crippen MR) is 124 cm³/mol. The third kappa shape index (κ3) is 3.98. The maximum absolute atomic E-state index is 13.4. The second-order valence-electron chi connectivity index (χ2n) is 7.74. The van der Waals surface area contributed by atoms with E-state index >= 15 is 0 Å². The van der Waals surface area contributed by atoms with E-state index in [1.807, 2.05) is 25.1 Å². The number of amides is 1. The smallest absolute Gasteiger partial charge is 0.264 e. The molecule has 1 aromatic carbocycles. The van der Waals surface area contributed by atoms with Crippen LogP contribution in [0, 0.1) is 5.41 Å². The molecule has 5 N–H and O–H groups in total. The molecule has 1 fully saturated rings. The number of aromatic nitrogens is 4. The Hall–Kier alpha value is -3.60. The monoisotopic (exact) mass is 447 g/mol. The van der Waals surface area contributed by atoms with Crippen LogP contribution in [0.3, 0.4) is 0 Å². The van der Waals surface area contributed by atoms with Gasteiger partial charge in [-0.2, -0.15) is 0 Å². The molecule has 0 spiro atoms. The van der Waals surface area contributed by atoms with E-state index in [2.05, 4.69) is 30.8 Å². The van der Waals surface area contributed by atoms with Crippen molar-refractivity contribution in [1.29, 1.82) is 5.41 Å². The Morgan fingerprint density at radius 1 is 1.38 bits per heavy atom. The number of fused-ring (bicyclic) bond motifs is 1. The number of nitrogens with one attached hydrogen (secondary N) is 3. The number of carbonyl (C=O) groups excluding carboxylic acids is 1. The fourth-order valence-corrected chi connectivity index (χ4v) is 4.00. The third-order valence-corrected chi connectivity index (χ3v) is 5.72. The minimum Gasteiger partial charge on any atom is -0.383 e. The largest absolute Gasteiger partial charge is 0.383 e. The van der Waals surface area contributed by atoms with Gasteiger partial charge in [-0.05, 0) is 32.3 Å². The first-order valence-electron chi connectivity index (χ1n) is 10.3. The summed E-state index contributed by atoms with van der Waals surface area (Å²) in [6.45, 7) is 3.41. The summed E-state index contributed by atoms with van der Waals surface area (Å²) in [6.07, 6.45) is 3.66. The van der Waals surface area contributed by atoms with Crippen LogP contribution in [-0.2, 0) is 0 Å². The molecule has 1 aliphatic rings. The number of rotatable bonds is 6. The van der Waals surface area contributed by atoms with Crippen molar-refractivity contribution >= 4 is 49.7 Å². The Labute approximate surface area is 187 Å². The van der Waals surface area contributed by atoms with Crippen LogP contribution < -0.4 is 27.1 Å². The van der Waals surface area contributed by atoms with Gasteiger partial charge in [0, 0.05) is 6.04 Å². The lowest BCUT2D eigenvalue weighted by atomic mass is 10.1. The highest BCUT2D eigenvalue weighted by Crippen LogP contribution is 2.37. The van der Waals surface area contributed by atoms with Gasteiger partial charge in [-0.15, -0.1) is 0 Å². The summed E-state index contributed by atoms with van der Waals surface area (Å²) in [6, 6.07) is 5.16. The Morgan fingerprint density at radius 3 is 2.78 bits per heavy atom. The molecular formula is C21H23N8O2Si. The first-order valence-corrected chi connectivity index (χ1v) is 10.8. The molecule has 11 heteroatoms. The van der Waals surface area contributed by atoms with Gasteiger partial charge < -0.3 is 16.4 Å². The van der Waals surface area contributed by atoms with E-state index in [0.717, 1.165) is 12.8 Å². The molecule has 3 radical (unpaired) electrons. The van der Waals surface area contributed by atoms with E-state index in [1.54, 1.807) is 4.57 Å². The molecule has 0 saturated heterocycles. The summed E-state index contributed by atoms with van der Waals surface area (Å²) in [7, 11) is 3.53. The minimum atomic E-state index is -0.581. The second kappa shape index (κ2) is 8.50. The van der Waals surface area contributed by atoms with E-state index < -0.39 is 11.9 Å². The molecule has 4 rings (SSSR count). The number of amidine groups is 1. The van der Waals surface area contributed by atoms with Gasteiger partial charge in [0.2, 0.25) is 0 Å².